The monoisotopic (exact) mass is 365 g/mol. The number of thiophene rings is 1. The molecule has 128 valence electrons. The van der Waals surface area contributed by atoms with Crippen LogP contribution in [0.2, 0.25) is 0 Å². The lowest BCUT2D eigenvalue weighted by molar-refractivity contribution is 0.1000. The molecule has 1 aliphatic carbocycles. The topological polar surface area (TPSA) is 94.2 Å². The van der Waals surface area contributed by atoms with Crippen LogP contribution in [0.1, 0.15) is 49.5 Å². The third-order valence-corrected chi connectivity index (χ3v) is 6.79. The van der Waals surface area contributed by atoms with Crippen LogP contribution in [0, 0.1) is 12.8 Å². The number of nitrogens with two attached hydrogens (primary N) is 1. The zero-order valence-electron chi connectivity index (χ0n) is 13.8. The van der Waals surface area contributed by atoms with E-state index in [1.54, 1.807) is 14.0 Å². The van der Waals surface area contributed by atoms with Crippen molar-refractivity contribution in [2.45, 2.75) is 33.1 Å². The Morgan fingerprint density at radius 2 is 2.04 bits per heavy atom. The van der Waals surface area contributed by atoms with Crippen molar-refractivity contribution >= 4 is 39.5 Å². The van der Waals surface area contributed by atoms with E-state index in [4.69, 9.17) is 5.73 Å². The van der Waals surface area contributed by atoms with Gasteiger partial charge >= 0.3 is 4.87 Å². The van der Waals surface area contributed by atoms with Crippen molar-refractivity contribution in [3.8, 4) is 0 Å². The fourth-order valence-corrected chi connectivity index (χ4v) is 5.28. The minimum absolute atomic E-state index is 0.188. The van der Waals surface area contributed by atoms with Crippen molar-refractivity contribution in [1.82, 2.24) is 4.57 Å². The third kappa shape index (κ3) is 2.80. The summed E-state index contributed by atoms with van der Waals surface area (Å²) in [6, 6.07) is 0. The minimum atomic E-state index is -0.518. The minimum Gasteiger partial charge on any atom is -0.365 e. The molecule has 2 amide bonds. The number of hydrogen-bond acceptors (Lipinski definition) is 5. The summed E-state index contributed by atoms with van der Waals surface area (Å²) in [7, 11) is 1.63. The quantitative estimate of drug-likeness (QED) is 0.874. The van der Waals surface area contributed by atoms with Gasteiger partial charge in [0.05, 0.1) is 5.56 Å². The van der Waals surface area contributed by atoms with Gasteiger partial charge in [-0.05, 0) is 37.7 Å². The molecule has 6 nitrogen and oxygen atoms in total. The van der Waals surface area contributed by atoms with Gasteiger partial charge in [-0.2, -0.15) is 0 Å². The molecule has 0 aliphatic heterocycles. The molecule has 0 radical (unpaired) electrons. The summed E-state index contributed by atoms with van der Waals surface area (Å²) in [6.45, 7) is 3.90. The predicted molar refractivity (Wildman–Crippen MR) is 96.3 cm³/mol. The summed E-state index contributed by atoms with van der Waals surface area (Å²) in [5.74, 6) is -0.332. The van der Waals surface area contributed by atoms with Gasteiger partial charge in [0, 0.05) is 17.6 Å². The highest BCUT2D eigenvalue weighted by molar-refractivity contribution is 7.17. The molecule has 0 saturated heterocycles. The predicted octanol–water partition coefficient (Wildman–Crippen LogP) is 2.29. The average molecular weight is 365 g/mol. The van der Waals surface area contributed by atoms with Gasteiger partial charge in [0.2, 0.25) is 0 Å². The Bertz CT molecular complexity index is 891. The second-order valence-corrected chi connectivity index (χ2v) is 8.28. The zero-order valence-corrected chi connectivity index (χ0v) is 15.4. The van der Waals surface area contributed by atoms with Crippen LogP contribution in [-0.2, 0) is 19.9 Å². The van der Waals surface area contributed by atoms with Crippen molar-refractivity contribution in [3.63, 3.8) is 0 Å². The number of aromatic nitrogens is 1. The number of nitrogens with zero attached hydrogens (tertiary/aromatic N) is 1. The third-order valence-electron chi connectivity index (χ3n) is 4.49. The molecule has 0 spiro atoms. The molecule has 2 aromatic rings. The fraction of sp³-hybridized carbons (Fsp3) is 0.438. The number of anilines is 1. The van der Waals surface area contributed by atoms with E-state index >= 15 is 0 Å². The Morgan fingerprint density at radius 3 is 2.62 bits per heavy atom. The highest BCUT2D eigenvalue weighted by Gasteiger charge is 2.28. The van der Waals surface area contributed by atoms with Crippen LogP contribution in [0.5, 0.6) is 0 Å². The molecule has 0 saturated carbocycles. The first-order valence-corrected chi connectivity index (χ1v) is 9.35. The Labute approximate surface area is 147 Å². The van der Waals surface area contributed by atoms with Crippen LogP contribution in [0.25, 0.3) is 0 Å². The van der Waals surface area contributed by atoms with Gasteiger partial charge in [0.25, 0.3) is 11.8 Å². The Morgan fingerprint density at radius 1 is 1.33 bits per heavy atom. The second-order valence-electron chi connectivity index (χ2n) is 6.22. The molecule has 2 aromatic heterocycles. The summed E-state index contributed by atoms with van der Waals surface area (Å²) < 4.78 is 1.44. The molecule has 1 aliphatic rings. The van der Waals surface area contributed by atoms with E-state index in [2.05, 4.69) is 12.2 Å². The van der Waals surface area contributed by atoms with E-state index < -0.39 is 5.91 Å². The molecule has 3 N–H and O–H groups in total. The van der Waals surface area contributed by atoms with Gasteiger partial charge in [-0.1, -0.05) is 18.3 Å². The highest BCUT2D eigenvalue weighted by Crippen LogP contribution is 2.39. The SMILES string of the molecule is Cc1c(C(=O)Nc2sc3c(c2C(N)=O)CCC(C)C3)sc(=O)n1C. The lowest BCUT2D eigenvalue weighted by atomic mass is 9.88. The van der Waals surface area contributed by atoms with Gasteiger partial charge in [0.15, 0.2) is 0 Å². The van der Waals surface area contributed by atoms with Crippen LogP contribution in [0.3, 0.4) is 0 Å². The van der Waals surface area contributed by atoms with Crippen LogP contribution in [0.15, 0.2) is 4.79 Å². The van der Waals surface area contributed by atoms with Crippen LogP contribution in [0.4, 0.5) is 5.00 Å². The molecule has 1 atom stereocenters. The number of thiazole rings is 1. The number of primary amides is 1. The maximum Gasteiger partial charge on any atom is 0.307 e. The summed E-state index contributed by atoms with van der Waals surface area (Å²) in [5, 5.41) is 3.29. The second kappa shape index (κ2) is 6.18. The number of carbonyl (C=O) groups is 2. The van der Waals surface area contributed by atoms with E-state index in [1.165, 1.54) is 15.9 Å². The van der Waals surface area contributed by atoms with Crippen LogP contribution >= 0.6 is 22.7 Å². The largest absolute Gasteiger partial charge is 0.365 e. The van der Waals surface area contributed by atoms with Gasteiger partial charge in [-0.25, -0.2) is 0 Å². The number of carbonyl (C=O) groups excluding carboxylic acids is 2. The number of fused-ring (bicyclic) bond motifs is 1. The lowest BCUT2D eigenvalue weighted by Crippen LogP contribution is -2.19. The molecular weight excluding hydrogens is 346 g/mol. The average Bonchev–Trinajstić information content (AvgIpc) is 2.98. The normalized spacial score (nSPS) is 16.7. The molecule has 0 aromatic carbocycles. The molecule has 8 heteroatoms. The molecular formula is C16H19N3O3S2. The molecule has 2 heterocycles. The summed E-state index contributed by atoms with van der Waals surface area (Å²) in [6.07, 6.45) is 2.71. The molecule has 0 bridgehead atoms. The highest BCUT2D eigenvalue weighted by atomic mass is 32.1. The zero-order chi connectivity index (χ0) is 17.6. The maximum atomic E-state index is 12.6. The first-order valence-electron chi connectivity index (χ1n) is 7.71. The van der Waals surface area contributed by atoms with Gasteiger partial charge in [-0.3, -0.25) is 14.4 Å². The van der Waals surface area contributed by atoms with Crippen LogP contribution < -0.4 is 15.9 Å². The number of amides is 2. The summed E-state index contributed by atoms with van der Waals surface area (Å²) in [5.41, 5.74) is 7.56. The van der Waals surface area contributed by atoms with Crippen molar-refractivity contribution in [3.05, 3.63) is 36.2 Å². The fourth-order valence-electron chi connectivity index (χ4n) is 2.99. The number of hydrogen-bond donors (Lipinski definition) is 2. The number of rotatable bonds is 3. The van der Waals surface area contributed by atoms with Gasteiger partial charge in [0.1, 0.15) is 9.88 Å². The Balaban J connectivity index is 1.98. The van der Waals surface area contributed by atoms with E-state index in [-0.39, 0.29) is 10.8 Å². The maximum absolute atomic E-state index is 12.6. The van der Waals surface area contributed by atoms with E-state index in [9.17, 15) is 14.4 Å². The summed E-state index contributed by atoms with van der Waals surface area (Å²) >= 11 is 2.32. The first kappa shape index (κ1) is 16.9. The lowest BCUT2D eigenvalue weighted by Gasteiger charge is -2.18. The van der Waals surface area contributed by atoms with Crippen molar-refractivity contribution in [2.75, 3.05) is 5.32 Å². The van der Waals surface area contributed by atoms with Crippen LogP contribution in [-0.4, -0.2) is 16.4 Å². The Kier molecular flexibility index (Phi) is 4.35. The molecule has 1 unspecified atom stereocenters. The van der Waals surface area contributed by atoms with E-state index in [0.717, 1.165) is 41.0 Å². The van der Waals surface area contributed by atoms with Gasteiger partial charge in [-0.15, -0.1) is 11.3 Å². The number of nitrogens with one attached hydrogen (secondary N) is 1. The van der Waals surface area contributed by atoms with Gasteiger partial charge < -0.3 is 15.6 Å². The smallest absolute Gasteiger partial charge is 0.307 e. The first-order chi connectivity index (χ1) is 11.3. The standard InChI is InChI=1S/C16H19N3O3S2/c1-7-4-5-9-10(6-7)23-15(11(9)13(17)20)18-14(21)12-8(2)19(3)16(22)24-12/h7H,4-6H2,1-3H3,(H2,17,20)(H,18,21). The summed E-state index contributed by atoms with van der Waals surface area (Å²) in [4.78, 5) is 37.5. The molecule has 0 fully saturated rings. The van der Waals surface area contributed by atoms with E-state index in [0.29, 0.717) is 27.1 Å². The molecule has 24 heavy (non-hydrogen) atoms. The molecule has 3 rings (SSSR count). The van der Waals surface area contributed by atoms with Crippen molar-refractivity contribution in [2.24, 2.45) is 18.7 Å². The van der Waals surface area contributed by atoms with E-state index in [1.807, 2.05) is 0 Å². The Hall–Kier alpha value is -1.93. The van der Waals surface area contributed by atoms with Crippen molar-refractivity contribution < 1.29 is 9.59 Å². The van der Waals surface area contributed by atoms with Crippen molar-refractivity contribution in [1.29, 1.82) is 0 Å².